The number of hydrogen-bond acceptors (Lipinski definition) is 2. The number of anilines is 1. The van der Waals surface area contributed by atoms with E-state index in [-0.39, 0.29) is 11.8 Å². The fourth-order valence-electron chi connectivity index (χ4n) is 5.69. The molecule has 2 atom stereocenters. The molecule has 1 saturated heterocycles. The van der Waals surface area contributed by atoms with E-state index in [9.17, 15) is 9.59 Å². The van der Waals surface area contributed by atoms with Crippen LogP contribution in [-0.4, -0.2) is 11.8 Å². The van der Waals surface area contributed by atoms with E-state index in [0.29, 0.717) is 5.69 Å². The van der Waals surface area contributed by atoms with E-state index in [1.54, 1.807) is 6.07 Å². The summed E-state index contributed by atoms with van der Waals surface area (Å²) in [5.41, 5.74) is 4.70. The third-order valence-electron chi connectivity index (χ3n) is 6.99. The Labute approximate surface area is 198 Å². The third kappa shape index (κ3) is 2.16. The molecule has 3 aromatic rings. The topological polar surface area (TPSA) is 37.4 Å². The van der Waals surface area contributed by atoms with E-state index >= 15 is 0 Å². The molecule has 4 aliphatic rings. The maximum absolute atomic E-state index is 13.9. The predicted octanol–water partition coefficient (Wildman–Crippen LogP) is 5.86. The number of alkyl halides is 2. The van der Waals surface area contributed by atoms with Gasteiger partial charge in [-0.2, -0.15) is 0 Å². The van der Waals surface area contributed by atoms with Crippen molar-refractivity contribution in [2.75, 3.05) is 4.90 Å². The van der Waals surface area contributed by atoms with Gasteiger partial charge in [0.25, 0.3) is 0 Å². The molecule has 1 fully saturated rings. The van der Waals surface area contributed by atoms with Crippen molar-refractivity contribution in [1.29, 1.82) is 0 Å². The van der Waals surface area contributed by atoms with Crippen LogP contribution in [0.2, 0.25) is 0 Å². The molecule has 154 valence electrons. The number of rotatable bonds is 1. The number of aryl methyl sites for hydroxylation is 1. The lowest BCUT2D eigenvalue weighted by Crippen LogP contribution is -2.57. The summed E-state index contributed by atoms with van der Waals surface area (Å²) in [5.74, 6) is -2.18. The van der Waals surface area contributed by atoms with E-state index < -0.39 is 21.6 Å². The van der Waals surface area contributed by atoms with Crippen molar-refractivity contribution in [3.8, 4) is 0 Å². The molecular weight excluding hydrogens is 497 g/mol. The van der Waals surface area contributed by atoms with Crippen molar-refractivity contribution >= 4 is 56.6 Å². The van der Waals surface area contributed by atoms with E-state index in [4.69, 9.17) is 23.2 Å². The molecule has 0 aromatic heterocycles. The summed E-state index contributed by atoms with van der Waals surface area (Å²) < 4.78 is 0.912. The number of benzene rings is 3. The average Bonchev–Trinajstić information content (AvgIpc) is 3.05. The molecule has 0 spiro atoms. The number of imide groups is 1. The summed E-state index contributed by atoms with van der Waals surface area (Å²) in [6.07, 6.45) is 0. The minimum atomic E-state index is -1.15. The zero-order chi connectivity index (χ0) is 21.7. The lowest BCUT2D eigenvalue weighted by atomic mass is 9.54. The molecule has 1 aliphatic heterocycles. The van der Waals surface area contributed by atoms with Gasteiger partial charge in [0.2, 0.25) is 11.8 Å². The van der Waals surface area contributed by atoms with Gasteiger partial charge in [-0.1, -0.05) is 64.5 Å². The van der Waals surface area contributed by atoms with E-state index in [2.05, 4.69) is 15.9 Å². The standard InChI is InChI=1S/C25H16BrCl2NO2/c1-13-12-14(10-11-19(13)26)29-22(30)20-21(23(29)31)25(28)16-7-3-2-6-15(16)24(20,27)17-8-4-5-9-18(17)25/h2-12,20-21H,1H3/t20-,21-,24?,25?/m0/s1. The number of nitrogens with zero attached hydrogens (tertiary/aromatic N) is 1. The second-order valence-electron chi connectivity index (χ2n) is 8.42. The molecule has 7 rings (SSSR count). The first kappa shape index (κ1) is 19.5. The molecule has 3 aromatic carbocycles. The fraction of sp³-hybridized carbons (Fsp3) is 0.200. The molecule has 0 N–H and O–H groups in total. The van der Waals surface area contributed by atoms with Crippen LogP contribution < -0.4 is 4.90 Å². The quantitative estimate of drug-likeness (QED) is 0.302. The SMILES string of the molecule is Cc1cc(N2C(=O)[C@@H]3[C@@H](C2=O)C2(Cl)c4ccccc4C3(Cl)c3ccccc32)ccc1Br. The summed E-state index contributed by atoms with van der Waals surface area (Å²) in [5, 5.41) is 0. The van der Waals surface area contributed by atoms with Gasteiger partial charge in [-0.05, 0) is 52.9 Å². The highest BCUT2D eigenvalue weighted by Gasteiger charge is 2.73. The lowest BCUT2D eigenvalue weighted by Gasteiger charge is -2.54. The number of halogens is 3. The molecule has 0 saturated carbocycles. The third-order valence-corrected chi connectivity index (χ3v) is 9.16. The van der Waals surface area contributed by atoms with Crippen molar-refractivity contribution < 1.29 is 9.59 Å². The normalized spacial score (nSPS) is 30.3. The van der Waals surface area contributed by atoms with Gasteiger partial charge in [0.05, 0.1) is 17.5 Å². The summed E-state index contributed by atoms with van der Waals surface area (Å²) in [4.78, 5) is 26.7. The van der Waals surface area contributed by atoms with Crippen molar-refractivity contribution in [3.05, 3.63) is 99.0 Å². The van der Waals surface area contributed by atoms with Gasteiger partial charge in [-0.25, -0.2) is 4.90 Å². The van der Waals surface area contributed by atoms with Gasteiger partial charge in [-0.15, -0.1) is 23.2 Å². The Bertz CT molecular complexity index is 1200. The second kappa shape index (κ2) is 6.22. The Morgan fingerprint density at radius 1 is 0.774 bits per heavy atom. The van der Waals surface area contributed by atoms with Crippen molar-refractivity contribution in [2.45, 2.75) is 16.7 Å². The van der Waals surface area contributed by atoms with Gasteiger partial charge in [0.1, 0.15) is 9.75 Å². The van der Waals surface area contributed by atoms with Gasteiger partial charge >= 0.3 is 0 Å². The van der Waals surface area contributed by atoms with Crippen LogP contribution in [0.5, 0.6) is 0 Å². The molecule has 0 unspecified atom stereocenters. The number of carbonyl (C=O) groups is 2. The molecule has 2 amide bonds. The largest absolute Gasteiger partial charge is 0.274 e. The van der Waals surface area contributed by atoms with E-state index in [0.717, 1.165) is 32.3 Å². The summed E-state index contributed by atoms with van der Waals surface area (Å²) >= 11 is 18.3. The highest BCUT2D eigenvalue weighted by Crippen LogP contribution is 2.69. The average molecular weight is 513 g/mol. The highest BCUT2D eigenvalue weighted by atomic mass is 79.9. The van der Waals surface area contributed by atoms with Crippen molar-refractivity contribution in [2.24, 2.45) is 11.8 Å². The molecule has 0 radical (unpaired) electrons. The number of carbonyl (C=O) groups excluding carboxylic acids is 2. The molecule has 3 nitrogen and oxygen atoms in total. The van der Waals surface area contributed by atoms with Crippen LogP contribution in [0.1, 0.15) is 27.8 Å². The summed E-state index contributed by atoms with van der Waals surface area (Å²) in [6.45, 7) is 1.92. The second-order valence-corrected chi connectivity index (χ2v) is 10.5. The Balaban J connectivity index is 1.65. The Morgan fingerprint density at radius 2 is 1.19 bits per heavy atom. The molecular formula is C25H16BrCl2NO2. The van der Waals surface area contributed by atoms with Crippen LogP contribution in [0.3, 0.4) is 0 Å². The summed E-state index contributed by atoms with van der Waals surface area (Å²) in [7, 11) is 0. The van der Waals surface area contributed by atoms with Gasteiger partial charge in [-0.3, -0.25) is 9.59 Å². The minimum absolute atomic E-state index is 0.305. The van der Waals surface area contributed by atoms with Crippen LogP contribution in [-0.2, 0) is 19.3 Å². The fourth-order valence-corrected chi connectivity index (χ4v) is 7.03. The van der Waals surface area contributed by atoms with Gasteiger partial charge < -0.3 is 0 Å². The molecule has 2 bridgehead atoms. The molecule has 6 heteroatoms. The molecule has 1 heterocycles. The Hall–Kier alpha value is -2.14. The van der Waals surface area contributed by atoms with Crippen molar-refractivity contribution in [1.82, 2.24) is 0 Å². The lowest BCUT2D eigenvalue weighted by molar-refractivity contribution is -0.122. The smallest absolute Gasteiger partial charge is 0.240 e. The maximum Gasteiger partial charge on any atom is 0.240 e. The summed E-state index contributed by atoms with van der Waals surface area (Å²) in [6, 6.07) is 20.8. The Morgan fingerprint density at radius 3 is 1.58 bits per heavy atom. The first-order valence-corrected chi connectivity index (χ1v) is 11.6. The van der Waals surface area contributed by atoms with Crippen molar-refractivity contribution in [3.63, 3.8) is 0 Å². The Kier molecular flexibility index (Phi) is 3.92. The van der Waals surface area contributed by atoms with E-state index in [1.807, 2.05) is 67.6 Å². The maximum atomic E-state index is 13.9. The zero-order valence-corrected chi connectivity index (χ0v) is 19.5. The first-order chi connectivity index (χ1) is 14.8. The van der Waals surface area contributed by atoms with Crippen LogP contribution in [0.4, 0.5) is 5.69 Å². The monoisotopic (exact) mass is 511 g/mol. The van der Waals surface area contributed by atoms with Gasteiger partial charge in [0, 0.05) is 4.47 Å². The van der Waals surface area contributed by atoms with Gasteiger partial charge in [0.15, 0.2) is 0 Å². The number of hydrogen-bond donors (Lipinski definition) is 0. The molecule has 31 heavy (non-hydrogen) atoms. The first-order valence-electron chi connectivity index (χ1n) is 10.0. The van der Waals surface area contributed by atoms with Crippen LogP contribution in [0.25, 0.3) is 0 Å². The zero-order valence-electron chi connectivity index (χ0n) is 16.4. The van der Waals surface area contributed by atoms with Crippen LogP contribution in [0, 0.1) is 18.8 Å². The highest BCUT2D eigenvalue weighted by molar-refractivity contribution is 9.10. The van der Waals surface area contributed by atoms with Crippen LogP contribution in [0.15, 0.2) is 71.2 Å². The molecule has 3 aliphatic carbocycles. The number of amides is 2. The minimum Gasteiger partial charge on any atom is -0.274 e. The van der Waals surface area contributed by atoms with Crippen LogP contribution >= 0.6 is 39.1 Å². The van der Waals surface area contributed by atoms with E-state index in [1.165, 1.54) is 4.90 Å². The predicted molar refractivity (Wildman–Crippen MR) is 125 cm³/mol.